The van der Waals surface area contributed by atoms with Crippen molar-refractivity contribution in [3.63, 3.8) is 0 Å². The molecule has 0 radical (unpaired) electrons. The van der Waals surface area contributed by atoms with Crippen molar-refractivity contribution in [2.24, 2.45) is 0 Å². The average molecular weight is 194 g/mol. The number of rotatable bonds is 2. The fourth-order valence-electron chi connectivity index (χ4n) is 3.39. The molecule has 80 valence electrons. The molecule has 0 amide bonds. The van der Waals surface area contributed by atoms with Crippen LogP contribution in [-0.2, 0) is 0 Å². The van der Waals surface area contributed by atoms with Gasteiger partial charge in [0.25, 0.3) is 0 Å². The van der Waals surface area contributed by atoms with E-state index in [1.807, 2.05) is 0 Å². The zero-order chi connectivity index (χ0) is 9.43. The maximum Gasteiger partial charge on any atom is 0.0464 e. The molecule has 0 aromatic rings. The number of piperidine rings is 2. The van der Waals surface area contributed by atoms with Gasteiger partial charge in [0, 0.05) is 18.6 Å². The molecule has 0 aliphatic carbocycles. The third-order valence-electron chi connectivity index (χ3n) is 4.34. The second-order valence-electron chi connectivity index (χ2n) is 5.44. The lowest BCUT2D eigenvalue weighted by atomic mass is 9.97. The summed E-state index contributed by atoms with van der Waals surface area (Å²) < 4.78 is 0. The molecule has 3 heterocycles. The van der Waals surface area contributed by atoms with Crippen LogP contribution in [0.3, 0.4) is 0 Å². The molecule has 0 spiro atoms. The van der Waals surface area contributed by atoms with Gasteiger partial charge in [-0.05, 0) is 45.3 Å². The molecule has 3 saturated heterocycles. The van der Waals surface area contributed by atoms with E-state index in [4.69, 9.17) is 0 Å². The minimum Gasteiger partial charge on any atom is -0.301 e. The number of hydrogen-bond acceptors (Lipinski definition) is 2. The summed E-state index contributed by atoms with van der Waals surface area (Å²) in [6.45, 7) is 6.91. The highest BCUT2D eigenvalue weighted by molar-refractivity contribution is 5.10. The van der Waals surface area contributed by atoms with Crippen molar-refractivity contribution >= 4 is 0 Å². The maximum absolute atomic E-state index is 2.72. The molecule has 3 rings (SSSR count). The lowest BCUT2D eigenvalue weighted by Gasteiger charge is -2.32. The first-order chi connectivity index (χ1) is 6.89. The van der Waals surface area contributed by atoms with E-state index in [2.05, 4.69) is 9.80 Å². The summed E-state index contributed by atoms with van der Waals surface area (Å²) in [4.78, 5) is 5.43. The molecule has 2 nitrogen and oxygen atoms in total. The van der Waals surface area contributed by atoms with Crippen LogP contribution >= 0.6 is 0 Å². The van der Waals surface area contributed by atoms with E-state index in [0.29, 0.717) is 5.54 Å². The topological polar surface area (TPSA) is 6.25 Å². The Hall–Kier alpha value is -0.0800. The Morgan fingerprint density at radius 2 is 1.64 bits per heavy atom. The molecule has 3 fully saturated rings. The number of nitrogens with zero attached hydrogens (tertiary/aromatic N) is 2. The lowest BCUT2D eigenvalue weighted by molar-refractivity contribution is 0.172. The van der Waals surface area contributed by atoms with Gasteiger partial charge in [-0.25, -0.2) is 0 Å². The SMILES string of the molecule is C1CCN(CC23CCCCN2C3)CC1. The monoisotopic (exact) mass is 194 g/mol. The molecule has 2 unspecified atom stereocenters. The molecule has 3 aliphatic rings. The van der Waals surface area contributed by atoms with E-state index in [1.165, 1.54) is 71.2 Å². The van der Waals surface area contributed by atoms with Crippen molar-refractivity contribution < 1.29 is 0 Å². The average Bonchev–Trinajstić information content (AvgIpc) is 2.93. The molecule has 2 atom stereocenters. The molecule has 0 N–H and O–H groups in total. The van der Waals surface area contributed by atoms with Gasteiger partial charge in [0.1, 0.15) is 0 Å². The highest BCUT2D eigenvalue weighted by Crippen LogP contribution is 2.41. The Balaban J connectivity index is 1.56. The van der Waals surface area contributed by atoms with Crippen LogP contribution in [-0.4, -0.2) is 48.1 Å². The fraction of sp³-hybridized carbons (Fsp3) is 1.00. The van der Waals surface area contributed by atoms with Crippen LogP contribution in [0.5, 0.6) is 0 Å². The maximum atomic E-state index is 2.72. The van der Waals surface area contributed by atoms with E-state index in [0.717, 1.165) is 0 Å². The molecule has 0 aromatic carbocycles. The van der Waals surface area contributed by atoms with Crippen molar-refractivity contribution in [3.05, 3.63) is 0 Å². The van der Waals surface area contributed by atoms with Crippen LogP contribution < -0.4 is 0 Å². The van der Waals surface area contributed by atoms with Crippen LogP contribution in [0.1, 0.15) is 38.5 Å². The molecule has 3 aliphatic heterocycles. The second-order valence-corrected chi connectivity index (χ2v) is 5.44. The van der Waals surface area contributed by atoms with E-state index in [9.17, 15) is 0 Å². The van der Waals surface area contributed by atoms with Crippen molar-refractivity contribution in [1.29, 1.82) is 0 Å². The van der Waals surface area contributed by atoms with Gasteiger partial charge in [-0.1, -0.05) is 12.8 Å². The van der Waals surface area contributed by atoms with Gasteiger partial charge in [-0.2, -0.15) is 0 Å². The normalized spacial score (nSPS) is 43.3. The van der Waals surface area contributed by atoms with Crippen LogP contribution in [0.25, 0.3) is 0 Å². The number of likely N-dealkylation sites (tertiary alicyclic amines) is 1. The molecule has 2 heteroatoms. The third-order valence-corrected chi connectivity index (χ3v) is 4.34. The van der Waals surface area contributed by atoms with E-state index < -0.39 is 0 Å². The highest BCUT2D eigenvalue weighted by Gasteiger charge is 2.53. The van der Waals surface area contributed by atoms with Gasteiger partial charge in [0.15, 0.2) is 0 Å². The fourth-order valence-corrected chi connectivity index (χ4v) is 3.39. The Bertz CT molecular complexity index is 210. The summed E-state index contributed by atoms with van der Waals surface area (Å²) in [5.41, 5.74) is 0.662. The summed E-state index contributed by atoms with van der Waals surface area (Å²) >= 11 is 0. The standard InChI is InChI=1S/C12H22N2/c1-3-7-13(8-4-1)10-12-6-2-5-9-14(12)11-12/h1-11H2. The van der Waals surface area contributed by atoms with Crippen molar-refractivity contribution in [2.75, 3.05) is 32.7 Å². The summed E-state index contributed by atoms with van der Waals surface area (Å²) in [5.74, 6) is 0. The summed E-state index contributed by atoms with van der Waals surface area (Å²) in [6, 6.07) is 0. The van der Waals surface area contributed by atoms with E-state index in [-0.39, 0.29) is 0 Å². The third kappa shape index (κ3) is 1.59. The summed E-state index contributed by atoms with van der Waals surface area (Å²) in [5, 5.41) is 0. The van der Waals surface area contributed by atoms with Crippen LogP contribution in [0.2, 0.25) is 0 Å². The van der Waals surface area contributed by atoms with Crippen LogP contribution in [0.4, 0.5) is 0 Å². The van der Waals surface area contributed by atoms with Gasteiger partial charge in [0.05, 0.1) is 0 Å². The second kappa shape index (κ2) is 3.49. The van der Waals surface area contributed by atoms with Gasteiger partial charge < -0.3 is 4.90 Å². The number of fused-ring (bicyclic) bond motifs is 1. The first-order valence-electron chi connectivity index (χ1n) is 6.37. The molecular weight excluding hydrogens is 172 g/mol. The summed E-state index contributed by atoms with van der Waals surface area (Å²) in [7, 11) is 0. The van der Waals surface area contributed by atoms with E-state index in [1.54, 1.807) is 0 Å². The zero-order valence-corrected chi connectivity index (χ0v) is 9.17. The first kappa shape index (κ1) is 9.17. The predicted octanol–water partition coefficient (Wildman–Crippen LogP) is 1.71. The quantitative estimate of drug-likeness (QED) is 0.617. The minimum absolute atomic E-state index is 0.662. The smallest absolute Gasteiger partial charge is 0.0464 e. The van der Waals surface area contributed by atoms with Crippen LogP contribution in [0.15, 0.2) is 0 Å². The van der Waals surface area contributed by atoms with Gasteiger partial charge in [-0.15, -0.1) is 0 Å². The summed E-state index contributed by atoms with van der Waals surface area (Å²) in [6.07, 6.45) is 8.75. The lowest BCUT2D eigenvalue weighted by Crippen LogP contribution is -2.41. The molecule has 0 aromatic heterocycles. The Kier molecular flexibility index (Phi) is 2.29. The highest BCUT2D eigenvalue weighted by atomic mass is 15.4. The molecule has 14 heavy (non-hydrogen) atoms. The van der Waals surface area contributed by atoms with Gasteiger partial charge in [-0.3, -0.25) is 4.90 Å². The zero-order valence-electron chi connectivity index (χ0n) is 9.17. The van der Waals surface area contributed by atoms with Crippen LogP contribution in [0, 0.1) is 0 Å². The van der Waals surface area contributed by atoms with Crippen molar-refractivity contribution in [3.8, 4) is 0 Å². The molecule has 0 saturated carbocycles. The Labute approximate surface area is 87.3 Å². The van der Waals surface area contributed by atoms with Crippen molar-refractivity contribution in [1.82, 2.24) is 9.80 Å². The van der Waals surface area contributed by atoms with Gasteiger partial charge in [0.2, 0.25) is 0 Å². The van der Waals surface area contributed by atoms with Crippen molar-refractivity contribution in [2.45, 2.75) is 44.1 Å². The van der Waals surface area contributed by atoms with Gasteiger partial charge >= 0.3 is 0 Å². The molecular formula is C12H22N2. The Morgan fingerprint density at radius 1 is 0.857 bits per heavy atom. The number of hydrogen-bond donors (Lipinski definition) is 0. The first-order valence-corrected chi connectivity index (χ1v) is 6.37. The minimum atomic E-state index is 0.662. The largest absolute Gasteiger partial charge is 0.301 e. The van der Waals surface area contributed by atoms with E-state index >= 15 is 0 Å². The predicted molar refractivity (Wildman–Crippen MR) is 58.4 cm³/mol. The Morgan fingerprint density at radius 3 is 2.43 bits per heavy atom. The molecule has 0 bridgehead atoms.